The molecule has 0 unspecified atom stereocenters. The molecule has 3 rings (SSSR count). The van der Waals surface area contributed by atoms with E-state index in [0.717, 1.165) is 44.8 Å². The van der Waals surface area contributed by atoms with Gasteiger partial charge in [-0.05, 0) is 25.0 Å². The van der Waals surface area contributed by atoms with Gasteiger partial charge in [-0.15, -0.1) is 0 Å². The molecule has 2 aliphatic heterocycles. The maximum Gasteiger partial charge on any atom is 0.124 e. The van der Waals surface area contributed by atoms with E-state index in [9.17, 15) is 0 Å². The quantitative estimate of drug-likeness (QED) is 0.851. The molecule has 0 aromatic heterocycles. The molecule has 0 atom stereocenters. The van der Waals surface area contributed by atoms with Crippen LogP contribution in [-0.4, -0.2) is 25.9 Å². The second kappa shape index (κ2) is 4.96. The van der Waals surface area contributed by atoms with Crippen molar-refractivity contribution in [3.05, 3.63) is 23.8 Å². The first-order valence-corrected chi connectivity index (χ1v) is 6.53. The third-order valence-corrected chi connectivity index (χ3v) is 3.51. The molecule has 3 nitrogen and oxygen atoms in total. The SMILES string of the molecule is c1cc2c(c(OC3CCOCC3)c1)CCCN2. The molecule has 1 saturated heterocycles. The zero-order valence-electron chi connectivity index (χ0n) is 10.1. The molecule has 1 fully saturated rings. The van der Waals surface area contributed by atoms with E-state index < -0.39 is 0 Å². The average Bonchev–Trinajstić information content (AvgIpc) is 2.40. The van der Waals surface area contributed by atoms with E-state index >= 15 is 0 Å². The largest absolute Gasteiger partial charge is 0.490 e. The Morgan fingerprint density at radius 2 is 2.12 bits per heavy atom. The van der Waals surface area contributed by atoms with Crippen molar-refractivity contribution in [2.75, 3.05) is 25.1 Å². The van der Waals surface area contributed by atoms with Gasteiger partial charge >= 0.3 is 0 Å². The average molecular weight is 233 g/mol. The van der Waals surface area contributed by atoms with E-state index in [1.807, 2.05) is 0 Å². The molecule has 0 spiro atoms. The molecule has 0 amide bonds. The Hall–Kier alpha value is -1.22. The second-order valence-electron chi connectivity index (χ2n) is 4.74. The summed E-state index contributed by atoms with van der Waals surface area (Å²) in [7, 11) is 0. The minimum Gasteiger partial charge on any atom is -0.490 e. The highest BCUT2D eigenvalue weighted by Gasteiger charge is 2.19. The van der Waals surface area contributed by atoms with Crippen LogP contribution >= 0.6 is 0 Å². The molecular formula is C14H19NO2. The van der Waals surface area contributed by atoms with Gasteiger partial charge in [-0.1, -0.05) is 6.07 Å². The van der Waals surface area contributed by atoms with E-state index in [4.69, 9.17) is 9.47 Å². The molecule has 1 aromatic carbocycles. The van der Waals surface area contributed by atoms with Crippen molar-refractivity contribution >= 4 is 5.69 Å². The first kappa shape index (κ1) is 10.9. The maximum atomic E-state index is 6.13. The molecule has 0 saturated carbocycles. The Kier molecular flexibility index (Phi) is 3.18. The van der Waals surface area contributed by atoms with Crippen molar-refractivity contribution in [2.24, 2.45) is 0 Å². The van der Waals surface area contributed by atoms with Crippen LogP contribution in [0.25, 0.3) is 0 Å². The summed E-state index contributed by atoms with van der Waals surface area (Å²) in [5.74, 6) is 1.07. The minimum atomic E-state index is 0.331. The van der Waals surface area contributed by atoms with E-state index in [1.165, 1.54) is 17.7 Å². The summed E-state index contributed by atoms with van der Waals surface area (Å²) < 4.78 is 11.5. The number of hydrogen-bond donors (Lipinski definition) is 1. The summed E-state index contributed by atoms with van der Waals surface area (Å²) in [4.78, 5) is 0. The van der Waals surface area contributed by atoms with Crippen LogP contribution in [0, 0.1) is 0 Å². The van der Waals surface area contributed by atoms with Crippen LogP contribution in [0.5, 0.6) is 5.75 Å². The Bertz CT molecular complexity index is 386. The highest BCUT2D eigenvalue weighted by molar-refractivity contribution is 5.59. The zero-order valence-corrected chi connectivity index (χ0v) is 10.1. The number of hydrogen-bond acceptors (Lipinski definition) is 3. The highest BCUT2D eigenvalue weighted by atomic mass is 16.5. The number of benzene rings is 1. The lowest BCUT2D eigenvalue weighted by molar-refractivity contribution is 0.0252. The highest BCUT2D eigenvalue weighted by Crippen LogP contribution is 2.32. The third kappa shape index (κ3) is 2.39. The van der Waals surface area contributed by atoms with Gasteiger partial charge in [0.05, 0.1) is 13.2 Å². The smallest absolute Gasteiger partial charge is 0.124 e. The number of anilines is 1. The van der Waals surface area contributed by atoms with Crippen molar-refractivity contribution in [1.29, 1.82) is 0 Å². The van der Waals surface area contributed by atoms with Crippen molar-refractivity contribution in [3.8, 4) is 5.75 Å². The van der Waals surface area contributed by atoms with Crippen LogP contribution in [0.4, 0.5) is 5.69 Å². The molecule has 2 heterocycles. The van der Waals surface area contributed by atoms with Crippen molar-refractivity contribution in [2.45, 2.75) is 31.8 Å². The molecular weight excluding hydrogens is 214 g/mol. The fourth-order valence-corrected chi connectivity index (χ4v) is 2.56. The lowest BCUT2D eigenvalue weighted by Crippen LogP contribution is -2.26. The Balaban J connectivity index is 1.77. The fraction of sp³-hybridized carbons (Fsp3) is 0.571. The van der Waals surface area contributed by atoms with E-state index in [0.29, 0.717) is 6.10 Å². The first-order valence-electron chi connectivity index (χ1n) is 6.53. The fourth-order valence-electron chi connectivity index (χ4n) is 2.56. The van der Waals surface area contributed by atoms with Crippen molar-refractivity contribution in [1.82, 2.24) is 0 Å². The van der Waals surface area contributed by atoms with Crippen LogP contribution in [0.3, 0.4) is 0 Å². The van der Waals surface area contributed by atoms with Gasteiger partial charge in [0.2, 0.25) is 0 Å². The molecule has 2 aliphatic rings. The zero-order chi connectivity index (χ0) is 11.5. The number of ether oxygens (including phenoxy) is 2. The normalized spacial score (nSPS) is 20.5. The Morgan fingerprint density at radius 3 is 3.00 bits per heavy atom. The van der Waals surface area contributed by atoms with Gasteiger partial charge in [-0.2, -0.15) is 0 Å². The molecule has 0 aliphatic carbocycles. The number of fused-ring (bicyclic) bond motifs is 1. The number of rotatable bonds is 2. The summed E-state index contributed by atoms with van der Waals surface area (Å²) in [5.41, 5.74) is 2.60. The predicted molar refractivity (Wildman–Crippen MR) is 67.7 cm³/mol. The van der Waals surface area contributed by atoms with Crippen LogP contribution < -0.4 is 10.1 Å². The monoisotopic (exact) mass is 233 g/mol. The van der Waals surface area contributed by atoms with E-state index in [1.54, 1.807) is 0 Å². The van der Waals surface area contributed by atoms with Gasteiger partial charge in [0.15, 0.2) is 0 Å². The summed E-state index contributed by atoms with van der Waals surface area (Å²) in [6.45, 7) is 2.74. The van der Waals surface area contributed by atoms with Crippen molar-refractivity contribution in [3.63, 3.8) is 0 Å². The lowest BCUT2D eigenvalue weighted by Gasteiger charge is -2.27. The third-order valence-electron chi connectivity index (χ3n) is 3.51. The Morgan fingerprint density at radius 1 is 1.24 bits per heavy atom. The summed E-state index contributed by atoms with van der Waals surface area (Å²) >= 11 is 0. The van der Waals surface area contributed by atoms with Crippen molar-refractivity contribution < 1.29 is 9.47 Å². The molecule has 17 heavy (non-hydrogen) atoms. The van der Waals surface area contributed by atoms with Gasteiger partial charge in [0.25, 0.3) is 0 Å². The van der Waals surface area contributed by atoms with Crippen LogP contribution in [-0.2, 0) is 11.2 Å². The van der Waals surface area contributed by atoms with Crippen LogP contribution in [0.1, 0.15) is 24.8 Å². The van der Waals surface area contributed by atoms with Gasteiger partial charge in [0.1, 0.15) is 11.9 Å². The maximum absolute atomic E-state index is 6.13. The molecule has 0 radical (unpaired) electrons. The summed E-state index contributed by atoms with van der Waals surface area (Å²) in [6, 6.07) is 6.32. The topological polar surface area (TPSA) is 30.5 Å². The molecule has 0 bridgehead atoms. The summed E-state index contributed by atoms with van der Waals surface area (Å²) in [5, 5.41) is 3.44. The minimum absolute atomic E-state index is 0.331. The van der Waals surface area contributed by atoms with Gasteiger partial charge in [-0.3, -0.25) is 0 Å². The Labute approximate surface area is 102 Å². The number of nitrogens with one attached hydrogen (secondary N) is 1. The first-order chi connectivity index (χ1) is 8.43. The standard InChI is InChI=1S/C14H19NO2/c1-4-13-12(3-2-8-15-13)14(5-1)17-11-6-9-16-10-7-11/h1,4-5,11,15H,2-3,6-10H2. The molecule has 1 N–H and O–H groups in total. The van der Waals surface area contributed by atoms with Gasteiger partial charge in [-0.25, -0.2) is 0 Å². The molecule has 92 valence electrons. The van der Waals surface area contributed by atoms with Crippen LogP contribution in [0.15, 0.2) is 18.2 Å². The molecule has 3 heteroatoms. The van der Waals surface area contributed by atoms with E-state index in [2.05, 4.69) is 23.5 Å². The van der Waals surface area contributed by atoms with E-state index in [-0.39, 0.29) is 0 Å². The van der Waals surface area contributed by atoms with Gasteiger partial charge in [0, 0.05) is 30.6 Å². The molecule has 1 aromatic rings. The predicted octanol–water partition coefficient (Wildman–Crippen LogP) is 2.60. The second-order valence-corrected chi connectivity index (χ2v) is 4.74. The summed E-state index contributed by atoms with van der Waals surface area (Å²) in [6.07, 6.45) is 4.68. The lowest BCUT2D eigenvalue weighted by atomic mass is 10.0. The van der Waals surface area contributed by atoms with Gasteiger partial charge < -0.3 is 14.8 Å². The van der Waals surface area contributed by atoms with Crippen LogP contribution in [0.2, 0.25) is 0 Å².